The quantitative estimate of drug-likeness (QED) is 0.574. The molecule has 2 rings (SSSR count). The number of hydrogen-bond acceptors (Lipinski definition) is 3. The first-order valence-electron chi connectivity index (χ1n) is 4.88. The summed E-state index contributed by atoms with van der Waals surface area (Å²) < 4.78 is 5.19. The van der Waals surface area contributed by atoms with Crippen molar-refractivity contribution in [1.29, 1.82) is 0 Å². The fourth-order valence-electron chi connectivity index (χ4n) is 2.59. The summed E-state index contributed by atoms with van der Waals surface area (Å²) in [6.07, 6.45) is 3.47. The van der Waals surface area contributed by atoms with E-state index in [1.807, 2.05) is 0 Å². The van der Waals surface area contributed by atoms with Gasteiger partial charge < -0.3 is 4.74 Å². The topological polar surface area (TPSA) is 43.4 Å². The van der Waals surface area contributed by atoms with E-state index in [1.165, 1.54) is 6.92 Å². The Labute approximate surface area is 77.4 Å². The van der Waals surface area contributed by atoms with Gasteiger partial charge >= 0.3 is 5.97 Å². The highest BCUT2D eigenvalue weighted by Crippen LogP contribution is 2.42. The van der Waals surface area contributed by atoms with E-state index in [4.69, 9.17) is 4.74 Å². The molecule has 0 aromatic carbocycles. The van der Waals surface area contributed by atoms with Gasteiger partial charge in [0.25, 0.3) is 0 Å². The zero-order valence-corrected chi connectivity index (χ0v) is 7.79. The lowest BCUT2D eigenvalue weighted by molar-refractivity contribution is -0.154. The molecular formula is C10H14O3. The summed E-state index contributed by atoms with van der Waals surface area (Å²) in [5.41, 5.74) is 0. The average molecular weight is 182 g/mol. The van der Waals surface area contributed by atoms with Gasteiger partial charge in [0.15, 0.2) is 0 Å². The number of carbonyl (C=O) groups is 2. The Morgan fingerprint density at radius 1 is 1.38 bits per heavy atom. The van der Waals surface area contributed by atoms with Crippen molar-refractivity contribution in [2.24, 2.45) is 11.8 Å². The van der Waals surface area contributed by atoms with Crippen LogP contribution in [0.25, 0.3) is 0 Å². The zero-order chi connectivity index (χ0) is 9.42. The van der Waals surface area contributed by atoms with E-state index in [2.05, 4.69) is 0 Å². The lowest BCUT2D eigenvalue weighted by Crippen LogP contribution is -2.36. The molecule has 0 N–H and O–H groups in total. The van der Waals surface area contributed by atoms with E-state index >= 15 is 0 Å². The van der Waals surface area contributed by atoms with E-state index < -0.39 is 0 Å². The van der Waals surface area contributed by atoms with Crippen molar-refractivity contribution in [3.05, 3.63) is 0 Å². The largest absolute Gasteiger partial charge is 0.461 e. The summed E-state index contributed by atoms with van der Waals surface area (Å²) in [6.45, 7) is 1.42. The Morgan fingerprint density at radius 2 is 2.15 bits per heavy atom. The number of rotatable bonds is 1. The third-order valence-corrected chi connectivity index (χ3v) is 3.19. The van der Waals surface area contributed by atoms with Crippen LogP contribution in [0.15, 0.2) is 0 Å². The summed E-state index contributed by atoms with van der Waals surface area (Å²) in [5.74, 6) is 0.505. The number of ether oxygens (including phenoxy) is 1. The molecular weight excluding hydrogens is 168 g/mol. The van der Waals surface area contributed by atoms with Gasteiger partial charge in [-0.05, 0) is 25.2 Å². The molecule has 13 heavy (non-hydrogen) atoms. The van der Waals surface area contributed by atoms with E-state index in [0.29, 0.717) is 18.1 Å². The van der Waals surface area contributed by atoms with Crippen molar-refractivity contribution in [3.8, 4) is 0 Å². The van der Waals surface area contributed by atoms with Crippen LogP contribution in [-0.4, -0.2) is 17.9 Å². The molecule has 2 aliphatic carbocycles. The molecule has 2 saturated carbocycles. The summed E-state index contributed by atoms with van der Waals surface area (Å²) in [6, 6.07) is 0. The van der Waals surface area contributed by atoms with Gasteiger partial charge in [-0.1, -0.05) is 0 Å². The second-order valence-corrected chi connectivity index (χ2v) is 4.02. The first-order valence-corrected chi connectivity index (χ1v) is 4.88. The molecule has 72 valence electrons. The van der Waals surface area contributed by atoms with Gasteiger partial charge in [0.05, 0.1) is 5.92 Å². The van der Waals surface area contributed by atoms with Crippen LogP contribution in [0.2, 0.25) is 0 Å². The maximum absolute atomic E-state index is 11.5. The van der Waals surface area contributed by atoms with Crippen LogP contribution in [0.1, 0.15) is 32.6 Å². The average Bonchev–Trinajstić information content (AvgIpc) is 2.32. The van der Waals surface area contributed by atoms with Crippen LogP contribution in [0.5, 0.6) is 0 Å². The minimum absolute atomic E-state index is 0.0163. The third-order valence-electron chi connectivity index (χ3n) is 3.19. The summed E-state index contributed by atoms with van der Waals surface area (Å²) in [7, 11) is 0. The molecule has 0 amide bonds. The second kappa shape index (κ2) is 3.13. The minimum atomic E-state index is -0.253. The molecule has 3 nitrogen and oxygen atoms in total. The SMILES string of the molecule is CC(=O)O[C@H]1[C@H]2CCC(=O)[C@@H]1CC2. The lowest BCUT2D eigenvalue weighted by Gasteiger charge is -2.28. The van der Waals surface area contributed by atoms with Gasteiger partial charge in [-0.15, -0.1) is 0 Å². The summed E-state index contributed by atoms with van der Waals surface area (Å²) in [5, 5.41) is 0. The van der Waals surface area contributed by atoms with Crippen LogP contribution in [0, 0.1) is 11.8 Å². The minimum Gasteiger partial charge on any atom is -0.461 e. The first kappa shape index (κ1) is 8.73. The van der Waals surface area contributed by atoms with Gasteiger partial charge in [-0.2, -0.15) is 0 Å². The zero-order valence-electron chi connectivity index (χ0n) is 7.79. The van der Waals surface area contributed by atoms with Crippen LogP contribution >= 0.6 is 0 Å². The van der Waals surface area contributed by atoms with Gasteiger partial charge in [0, 0.05) is 13.3 Å². The molecule has 2 fully saturated rings. The number of fused-ring (bicyclic) bond motifs is 2. The van der Waals surface area contributed by atoms with Crippen LogP contribution in [0.3, 0.4) is 0 Å². The van der Waals surface area contributed by atoms with Crippen LogP contribution in [-0.2, 0) is 14.3 Å². The van der Waals surface area contributed by atoms with E-state index in [9.17, 15) is 9.59 Å². The molecule has 0 aromatic heterocycles. The van der Waals surface area contributed by atoms with Gasteiger partial charge in [-0.25, -0.2) is 0 Å². The number of ketones is 1. The Balaban J connectivity index is 2.10. The smallest absolute Gasteiger partial charge is 0.302 e. The first-order chi connectivity index (χ1) is 6.18. The lowest BCUT2D eigenvalue weighted by atomic mass is 9.85. The predicted octanol–water partition coefficient (Wildman–Crippen LogP) is 1.31. The molecule has 0 saturated heterocycles. The predicted molar refractivity (Wildman–Crippen MR) is 46.0 cm³/mol. The molecule has 2 bridgehead atoms. The van der Waals surface area contributed by atoms with Crippen molar-refractivity contribution < 1.29 is 14.3 Å². The second-order valence-electron chi connectivity index (χ2n) is 4.02. The molecule has 3 heteroatoms. The van der Waals surface area contributed by atoms with Crippen molar-refractivity contribution in [1.82, 2.24) is 0 Å². The number of Topliss-reactive ketones (excluding diaryl/α,β-unsaturated/α-hetero) is 1. The fourth-order valence-corrected chi connectivity index (χ4v) is 2.59. The number of hydrogen-bond donors (Lipinski definition) is 0. The number of carbonyl (C=O) groups excluding carboxylic acids is 2. The van der Waals surface area contributed by atoms with Crippen molar-refractivity contribution >= 4 is 11.8 Å². The van der Waals surface area contributed by atoms with Gasteiger partial charge in [-0.3, -0.25) is 9.59 Å². The molecule has 3 atom stereocenters. The third kappa shape index (κ3) is 1.47. The molecule has 0 spiro atoms. The van der Waals surface area contributed by atoms with E-state index in [-0.39, 0.29) is 18.0 Å². The van der Waals surface area contributed by atoms with Crippen molar-refractivity contribution in [2.75, 3.05) is 0 Å². The fraction of sp³-hybridized carbons (Fsp3) is 0.800. The molecule has 0 heterocycles. The Morgan fingerprint density at radius 3 is 2.85 bits per heavy atom. The summed E-state index contributed by atoms with van der Waals surface area (Å²) >= 11 is 0. The normalized spacial score (nSPS) is 37.6. The highest BCUT2D eigenvalue weighted by molar-refractivity contribution is 5.83. The van der Waals surface area contributed by atoms with Crippen LogP contribution in [0.4, 0.5) is 0 Å². The van der Waals surface area contributed by atoms with Crippen molar-refractivity contribution in [2.45, 2.75) is 38.7 Å². The van der Waals surface area contributed by atoms with E-state index in [1.54, 1.807) is 0 Å². The van der Waals surface area contributed by atoms with Crippen molar-refractivity contribution in [3.63, 3.8) is 0 Å². The Bertz CT molecular complexity index is 247. The molecule has 2 aliphatic rings. The highest BCUT2D eigenvalue weighted by Gasteiger charge is 2.45. The molecule has 0 unspecified atom stereocenters. The standard InChI is InChI=1S/C10H14O3/c1-6(11)13-10-7-2-4-8(10)9(12)5-3-7/h7-8,10H,2-5H2,1H3/t7-,8+,10+/m1/s1. The monoisotopic (exact) mass is 182 g/mol. The van der Waals surface area contributed by atoms with Gasteiger partial charge in [0.2, 0.25) is 0 Å². The molecule has 0 aliphatic heterocycles. The maximum Gasteiger partial charge on any atom is 0.302 e. The Kier molecular flexibility index (Phi) is 2.10. The number of esters is 1. The Hall–Kier alpha value is -0.860. The maximum atomic E-state index is 11.5. The summed E-state index contributed by atoms with van der Waals surface area (Å²) in [4.78, 5) is 22.3. The van der Waals surface area contributed by atoms with Crippen LogP contribution < -0.4 is 0 Å². The molecule has 0 radical (unpaired) electrons. The highest BCUT2D eigenvalue weighted by atomic mass is 16.5. The molecule has 0 aromatic rings. The van der Waals surface area contributed by atoms with Gasteiger partial charge in [0.1, 0.15) is 11.9 Å². The van der Waals surface area contributed by atoms with E-state index in [0.717, 1.165) is 19.3 Å².